The largest absolute Gasteiger partial charge is 0.454 e. The molecule has 9 heteroatoms. The zero-order chi connectivity index (χ0) is 21.8. The fraction of sp³-hybridized carbons (Fsp3) is 0.273. The van der Waals surface area contributed by atoms with Gasteiger partial charge in [-0.3, -0.25) is 0 Å². The molecule has 31 heavy (non-hydrogen) atoms. The Hall–Kier alpha value is -3.88. The number of hydrogen-bond acceptors (Lipinski definition) is 9. The highest BCUT2D eigenvalue weighted by molar-refractivity contribution is 5.99. The number of aryl methyl sites for hydroxylation is 1. The third-order valence-electron chi connectivity index (χ3n) is 4.57. The van der Waals surface area contributed by atoms with Crippen LogP contribution >= 0.6 is 0 Å². The molecular formula is C22H21N3O6. The van der Waals surface area contributed by atoms with Crippen molar-refractivity contribution in [3.05, 3.63) is 59.5 Å². The summed E-state index contributed by atoms with van der Waals surface area (Å²) in [5.74, 6) is 1.28. The molecule has 0 fully saturated rings. The van der Waals surface area contributed by atoms with Gasteiger partial charge in [0.05, 0.1) is 5.71 Å². The lowest BCUT2D eigenvalue weighted by Crippen LogP contribution is -2.14. The van der Waals surface area contributed by atoms with Gasteiger partial charge < -0.3 is 23.5 Å². The lowest BCUT2D eigenvalue weighted by atomic mass is 10.1. The first-order chi connectivity index (χ1) is 15.0. The normalized spacial score (nSPS) is 13.7. The van der Waals surface area contributed by atoms with E-state index in [4.69, 9.17) is 23.5 Å². The van der Waals surface area contributed by atoms with Crippen LogP contribution in [0.4, 0.5) is 0 Å². The first-order valence-electron chi connectivity index (χ1n) is 9.66. The topological polar surface area (TPSA) is 105 Å². The second-order valence-electron chi connectivity index (χ2n) is 6.96. The number of carbonyl (C=O) groups excluding carboxylic acids is 1. The summed E-state index contributed by atoms with van der Waals surface area (Å²) >= 11 is 0. The highest BCUT2D eigenvalue weighted by atomic mass is 16.7. The number of nitrogens with zero attached hydrogens (tertiary/aromatic N) is 3. The number of ether oxygens (including phenoxy) is 3. The smallest absolute Gasteiger partial charge is 0.347 e. The third kappa shape index (κ3) is 4.82. The van der Waals surface area contributed by atoms with E-state index >= 15 is 0 Å². The molecule has 0 aliphatic carbocycles. The summed E-state index contributed by atoms with van der Waals surface area (Å²) in [6.07, 6.45) is -0.721. The Morgan fingerprint density at radius 3 is 2.71 bits per heavy atom. The molecule has 0 bridgehead atoms. The van der Waals surface area contributed by atoms with Crippen molar-refractivity contribution in [2.75, 3.05) is 13.4 Å². The molecule has 4 rings (SSSR count). The molecule has 1 aliphatic heterocycles. The van der Waals surface area contributed by atoms with E-state index in [1.807, 2.05) is 37.3 Å². The molecule has 1 atom stereocenters. The Kier molecular flexibility index (Phi) is 5.83. The van der Waals surface area contributed by atoms with Gasteiger partial charge in [0.15, 0.2) is 17.6 Å². The Morgan fingerprint density at radius 2 is 1.90 bits per heavy atom. The minimum atomic E-state index is -0.721. The van der Waals surface area contributed by atoms with Gasteiger partial charge in [-0.2, -0.15) is 0 Å². The second-order valence-corrected chi connectivity index (χ2v) is 6.96. The van der Waals surface area contributed by atoms with Crippen molar-refractivity contribution in [1.82, 2.24) is 10.2 Å². The van der Waals surface area contributed by atoms with E-state index in [9.17, 15) is 4.79 Å². The summed E-state index contributed by atoms with van der Waals surface area (Å²) in [5.41, 5.74) is 3.29. The summed E-state index contributed by atoms with van der Waals surface area (Å²) in [4.78, 5) is 17.2. The van der Waals surface area contributed by atoms with E-state index in [0.717, 1.165) is 16.7 Å². The van der Waals surface area contributed by atoms with Gasteiger partial charge in [-0.1, -0.05) is 22.9 Å². The van der Waals surface area contributed by atoms with E-state index in [2.05, 4.69) is 15.4 Å². The summed E-state index contributed by atoms with van der Waals surface area (Å²) in [7, 11) is 0. The molecule has 1 aliphatic rings. The van der Waals surface area contributed by atoms with Gasteiger partial charge >= 0.3 is 5.97 Å². The van der Waals surface area contributed by atoms with Crippen molar-refractivity contribution < 1.29 is 28.3 Å². The van der Waals surface area contributed by atoms with Crippen LogP contribution in [0.25, 0.3) is 11.5 Å². The first-order valence-corrected chi connectivity index (χ1v) is 9.66. The highest BCUT2D eigenvalue weighted by Crippen LogP contribution is 2.32. The number of benzene rings is 2. The maximum atomic E-state index is 12.1. The monoisotopic (exact) mass is 423 g/mol. The van der Waals surface area contributed by atoms with Crippen molar-refractivity contribution in [1.29, 1.82) is 0 Å². The van der Waals surface area contributed by atoms with E-state index in [1.54, 1.807) is 26.0 Å². The van der Waals surface area contributed by atoms with Gasteiger partial charge in [0.2, 0.25) is 19.3 Å². The second kappa shape index (κ2) is 8.86. The maximum Gasteiger partial charge on any atom is 0.347 e. The van der Waals surface area contributed by atoms with Crippen molar-refractivity contribution in [2.45, 2.75) is 26.9 Å². The zero-order valence-electron chi connectivity index (χ0n) is 17.3. The lowest BCUT2D eigenvalue weighted by molar-refractivity contribution is -0.155. The minimum absolute atomic E-state index is 0.196. The molecule has 2 heterocycles. The van der Waals surface area contributed by atoms with Crippen LogP contribution in [0.15, 0.2) is 52.0 Å². The first kappa shape index (κ1) is 20.4. The Morgan fingerprint density at radius 1 is 1.13 bits per heavy atom. The van der Waals surface area contributed by atoms with Crippen LogP contribution in [-0.2, 0) is 14.4 Å². The number of rotatable bonds is 7. The molecule has 0 amide bonds. The molecule has 0 spiro atoms. The molecule has 3 aromatic rings. The van der Waals surface area contributed by atoms with Gasteiger partial charge in [-0.15, -0.1) is 10.2 Å². The number of esters is 1. The van der Waals surface area contributed by atoms with Crippen molar-refractivity contribution in [3.8, 4) is 23.0 Å². The van der Waals surface area contributed by atoms with Crippen molar-refractivity contribution in [3.63, 3.8) is 0 Å². The van der Waals surface area contributed by atoms with Gasteiger partial charge in [0.25, 0.3) is 5.89 Å². The van der Waals surface area contributed by atoms with Crippen molar-refractivity contribution in [2.24, 2.45) is 5.16 Å². The molecule has 2 aromatic carbocycles. The molecular weight excluding hydrogens is 402 g/mol. The van der Waals surface area contributed by atoms with Crippen LogP contribution in [-0.4, -0.2) is 35.3 Å². The fourth-order valence-electron chi connectivity index (χ4n) is 2.85. The number of fused-ring (bicyclic) bond motifs is 1. The quantitative estimate of drug-likeness (QED) is 0.321. The average molecular weight is 423 g/mol. The fourth-order valence-corrected chi connectivity index (χ4v) is 2.85. The summed E-state index contributed by atoms with van der Waals surface area (Å²) in [6, 6.07) is 13.1. The molecule has 0 saturated heterocycles. The molecule has 0 saturated carbocycles. The van der Waals surface area contributed by atoms with Crippen molar-refractivity contribution >= 4 is 11.7 Å². The van der Waals surface area contributed by atoms with Crippen LogP contribution in [0, 0.1) is 6.92 Å². The van der Waals surface area contributed by atoms with Gasteiger partial charge in [-0.05, 0) is 51.1 Å². The van der Waals surface area contributed by atoms with Gasteiger partial charge in [0, 0.05) is 11.1 Å². The Bertz CT molecular complexity index is 1110. The SMILES string of the molecule is C/C(=N\OCC(=O)OC(C)c1nnc(-c2ccc(C)cc2)o1)c1ccc2c(c1)OCO2. The summed E-state index contributed by atoms with van der Waals surface area (Å²) < 4.78 is 21.5. The summed E-state index contributed by atoms with van der Waals surface area (Å²) in [5, 5.41) is 11.9. The van der Waals surface area contributed by atoms with E-state index in [1.165, 1.54) is 0 Å². The Labute approximate surface area is 178 Å². The standard InChI is InChI=1S/C22H21N3O6/c1-13-4-6-16(7-5-13)22-24-23-21(31-22)15(3)30-20(26)11-29-25-14(2)17-8-9-18-19(10-17)28-12-27-18/h4-10,15H,11-12H2,1-3H3/b25-14+. The number of oxime groups is 1. The van der Waals surface area contributed by atoms with Crippen LogP contribution in [0.1, 0.15) is 37.0 Å². The molecule has 9 nitrogen and oxygen atoms in total. The number of aromatic nitrogens is 2. The molecule has 1 aromatic heterocycles. The van der Waals surface area contributed by atoms with E-state index < -0.39 is 12.1 Å². The predicted octanol–water partition coefficient (Wildman–Crippen LogP) is 3.82. The maximum absolute atomic E-state index is 12.1. The predicted molar refractivity (Wildman–Crippen MR) is 110 cm³/mol. The van der Waals surface area contributed by atoms with Crippen LogP contribution in [0.5, 0.6) is 11.5 Å². The van der Waals surface area contributed by atoms with Crippen LogP contribution < -0.4 is 9.47 Å². The number of hydrogen-bond donors (Lipinski definition) is 0. The van der Waals surface area contributed by atoms with Crippen LogP contribution in [0.2, 0.25) is 0 Å². The third-order valence-corrected chi connectivity index (χ3v) is 4.57. The Balaban J connectivity index is 1.29. The molecule has 0 N–H and O–H groups in total. The zero-order valence-corrected chi connectivity index (χ0v) is 17.3. The average Bonchev–Trinajstić information content (AvgIpc) is 3.43. The minimum Gasteiger partial charge on any atom is -0.454 e. The lowest BCUT2D eigenvalue weighted by Gasteiger charge is -2.09. The number of carbonyl (C=O) groups is 1. The van der Waals surface area contributed by atoms with Crippen LogP contribution in [0.3, 0.4) is 0 Å². The van der Waals surface area contributed by atoms with Gasteiger partial charge in [0.1, 0.15) is 0 Å². The summed E-state index contributed by atoms with van der Waals surface area (Å²) in [6.45, 7) is 5.24. The van der Waals surface area contributed by atoms with Gasteiger partial charge in [-0.25, -0.2) is 4.79 Å². The molecule has 1 unspecified atom stereocenters. The van der Waals surface area contributed by atoms with E-state index in [0.29, 0.717) is 23.1 Å². The molecule has 0 radical (unpaired) electrons. The van der Waals surface area contributed by atoms with E-state index in [-0.39, 0.29) is 19.3 Å². The molecule has 160 valence electrons. The highest BCUT2D eigenvalue weighted by Gasteiger charge is 2.19.